The van der Waals surface area contributed by atoms with Crippen molar-refractivity contribution < 1.29 is 9.15 Å². The highest BCUT2D eigenvalue weighted by molar-refractivity contribution is 6.02. The highest BCUT2D eigenvalue weighted by Gasteiger charge is 2.28. The Labute approximate surface area is 249 Å². The number of para-hydroxylation sites is 1. The molecule has 0 spiro atoms. The number of methoxy groups -OCH3 is 1. The van der Waals surface area contributed by atoms with Gasteiger partial charge in [-0.3, -0.25) is 0 Å². The second kappa shape index (κ2) is 11.0. The van der Waals surface area contributed by atoms with Gasteiger partial charge >= 0.3 is 0 Å². The van der Waals surface area contributed by atoms with E-state index in [2.05, 4.69) is 87.1 Å². The molecule has 1 aliphatic heterocycles. The van der Waals surface area contributed by atoms with Crippen molar-refractivity contribution in [2.24, 2.45) is 0 Å². The summed E-state index contributed by atoms with van der Waals surface area (Å²) in [5.41, 5.74) is 6.27. The molecule has 1 fully saturated rings. The van der Waals surface area contributed by atoms with Crippen molar-refractivity contribution in [1.82, 2.24) is 19.5 Å². The highest BCUT2D eigenvalue weighted by Crippen LogP contribution is 2.38. The van der Waals surface area contributed by atoms with Gasteiger partial charge in [-0.15, -0.1) is 0 Å². The second-order valence-electron chi connectivity index (χ2n) is 10.5. The lowest BCUT2D eigenvalue weighted by Crippen LogP contribution is -2.47. The molecule has 6 aromatic rings. The minimum Gasteiger partial charge on any atom is -0.496 e. The third-order valence-corrected chi connectivity index (χ3v) is 7.85. The van der Waals surface area contributed by atoms with Crippen LogP contribution in [0.25, 0.3) is 39.3 Å². The van der Waals surface area contributed by atoms with E-state index in [0.29, 0.717) is 49.3 Å². The van der Waals surface area contributed by atoms with E-state index in [9.17, 15) is 5.26 Å². The molecule has 1 aliphatic rings. The smallest absolute Gasteiger partial charge is 0.235 e. The monoisotopic (exact) mass is 567 g/mol. The number of fused-ring (bicyclic) bond motifs is 1. The molecule has 0 bridgehead atoms. The van der Waals surface area contributed by atoms with Gasteiger partial charge in [0.15, 0.2) is 5.65 Å². The van der Waals surface area contributed by atoms with E-state index in [0.717, 1.165) is 33.7 Å². The maximum Gasteiger partial charge on any atom is 0.235 e. The minimum absolute atomic E-state index is 0.264. The Bertz CT molecular complexity index is 1960. The molecule has 0 saturated carbocycles. The lowest BCUT2D eigenvalue weighted by Gasteiger charge is -2.35. The second-order valence-corrected chi connectivity index (χ2v) is 10.5. The molecule has 43 heavy (non-hydrogen) atoms. The molecular weight excluding hydrogens is 538 g/mol. The summed E-state index contributed by atoms with van der Waals surface area (Å²) in [6.07, 6.45) is 3.81. The first-order valence-corrected chi connectivity index (χ1v) is 14.2. The van der Waals surface area contributed by atoms with Crippen molar-refractivity contribution in [2.75, 3.05) is 43.1 Å². The number of nitriles is 1. The number of nitrogens with zero attached hydrogens (tertiary/aromatic N) is 7. The van der Waals surface area contributed by atoms with Crippen LogP contribution in [0.1, 0.15) is 11.3 Å². The summed E-state index contributed by atoms with van der Waals surface area (Å²) >= 11 is 0. The molecule has 3 aromatic heterocycles. The van der Waals surface area contributed by atoms with Crippen molar-refractivity contribution in [3.63, 3.8) is 0 Å². The fourth-order valence-corrected chi connectivity index (χ4v) is 5.75. The summed E-state index contributed by atoms with van der Waals surface area (Å²) in [6, 6.07) is 28.5. The summed E-state index contributed by atoms with van der Waals surface area (Å²) in [6.45, 7) is 4.75. The number of hydrogen-bond acceptors (Lipinski definition) is 8. The van der Waals surface area contributed by atoms with Gasteiger partial charge in [-0.05, 0) is 42.3 Å². The number of oxazole rings is 1. The van der Waals surface area contributed by atoms with Crippen LogP contribution in [0.15, 0.2) is 95.8 Å². The van der Waals surface area contributed by atoms with Gasteiger partial charge in [0.25, 0.3) is 0 Å². The van der Waals surface area contributed by atoms with Crippen LogP contribution in [0.5, 0.6) is 5.75 Å². The number of rotatable bonds is 6. The molecule has 3 aromatic carbocycles. The average Bonchev–Trinajstić information content (AvgIpc) is 3.68. The summed E-state index contributed by atoms with van der Waals surface area (Å²) in [5.74, 6) is 2.38. The molecule has 0 N–H and O–H groups in total. The average molecular weight is 568 g/mol. The Balaban J connectivity index is 1.23. The molecule has 0 radical (unpaired) electrons. The van der Waals surface area contributed by atoms with E-state index in [1.807, 2.05) is 30.3 Å². The van der Waals surface area contributed by atoms with Crippen LogP contribution in [0.3, 0.4) is 0 Å². The molecule has 0 amide bonds. The van der Waals surface area contributed by atoms with E-state index in [1.165, 1.54) is 5.56 Å². The molecule has 0 unspecified atom stereocenters. The van der Waals surface area contributed by atoms with Crippen LogP contribution < -0.4 is 14.5 Å². The van der Waals surface area contributed by atoms with Crippen molar-refractivity contribution in [3.8, 4) is 40.1 Å². The topological polar surface area (TPSA) is 96.2 Å². The largest absolute Gasteiger partial charge is 0.496 e. The fraction of sp³-hybridized carbons (Fsp3) is 0.176. The van der Waals surface area contributed by atoms with Gasteiger partial charge in [-0.1, -0.05) is 54.6 Å². The number of ether oxygens (including phenoxy) is 1. The Morgan fingerprint density at radius 1 is 0.860 bits per heavy atom. The number of aryl methyl sites for hydroxylation is 1. The van der Waals surface area contributed by atoms with Crippen LogP contribution in [-0.2, 0) is 0 Å². The lowest BCUT2D eigenvalue weighted by molar-refractivity contribution is 0.414. The molecular formula is C34H29N7O2. The molecule has 0 aliphatic carbocycles. The van der Waals surface area contributed by atoms with E-state index in [-0.39, 0.29) is 5.69 Å². The lowest BCUT2D eigenvalue weighted by atomic mass is 10.1. The molecule has 1 saturated heterocycles. The number of hydrogen-bond donors (Lipinski definition) is 0. The van der Waals surface area contributed by atoms with Crippen molar-refractivity contribution in [1.29, 1.82) is 5.26 Å². The summed E-state index contributed by atoms with van der Waals surface area (Å²) < 4.78 is 13.8. The third kappa shape index (κ3) is 4.73. The van der Waals surface area contributed by atoms with Gasteiger partial charge in [-0.2, -0.15) is 10.2 Å². The van der Waals surface area contributed by atoms with E-state index in [4.69, 9.17) is 19.1 Å². The van der Waals surface area contributed by atoms with E-state index < -0.39 is 0 Å². The third-order valence-electron chi connectivity index (χ3n) is 7.85. The minimum atomic E-state index is 0.264. The van der Waals surface area contributed by atoms with Gasteiger partial charge in [0.1, 0.15) is 24.0 Å². The maximum atomic E-state index is 9.88. The Hall–Kier alpha value is -5.62. The predicted molar refractivity (Wildman–Crippen MR) is 167 cm³/mol. The number of benzene rings is 3. The quantitative estimate of drug-likeness (QED) is 0.233. The highest BCUT2D eigenvalue weighted by atomic mass is 16.5. The van der Waals surface area contributed by atoms with Crippen molar-refractivity contribution >= 4 is 22.7 Å². The van der Waals surface area contributed by atoms with Crippen LogP contribution in [0, 0.1) is 18.3 Å². The molecule has 212 valence electrons. The van der Waals surface area contributed by atoms with Crippen LogP contribution >= 0.6 is 0 Å². The molecule has 4 heterocycles. The molecule has 9 heteroatoms. The van der Waals surface area contributed by atoms with Gasteiger partial charge in [0, 0.05) is 43.6 Å². The molecule has 9 nitrogen and oxygen atoms in total. The Kier molecular flexibility index (Phi) is 6.72. The van der Waals surface area contributed by atoms with Crippen molar-refractivity contribution in [3.05, 3.63) is 103 Å². The molecule has 0 atom stereocenters. The Morgan fingerprint density at radius 3 is 2.40 bits per heavy atom. The molecule has 7 rings (SSSR count). The summed E-state index contributed by atoms with van der Waals surface area (Å²) in [5, 5.41) is 10.9. The summed E-state index contributed by atoms with van der Waals surface area (Å²) in [7, 11) is 1.61. The van der Waals surface area contributed by atoms with Crippen LogP contribution in [0.4, 0.5) is 11.7 Å². The summed E-state index contributed by atoms with van der Waals surface area (Å²) in [4.78, 5) is 18.4. The zero-order valence-corrected chi connectivity index (χ0v) is 23.9. The first-order valence-electron chi connectivity index (χ1n) is 14.2. The number of anilines is 2. The van der Waals surface area contributed by atoms with Gasteiger partial charge < -0.3 is 23.5 Å². The van der Waals surface area contributed by atoms with Gasteiger partial charge in [-0.25, -0.2) is 9.97 Å². The Morgan fingerprint density at radius 2 is 1.63 bits per heavy atom. The van der Waals surface area contributed by atoms with Crippen molar-refractivity contribution in [2.45, 2.75) is 6.92 Å². The number of piperazine rings is 1. The number of aromatic nitrogens is 4. The van der Waals surface area contributed by atoms with Crippen LogP contribution in [-0.4, -0.2) is 52.8 Å². The zero-order valence-electron chi connectivity index (χ0n) is 23.9. The maximum absolute atomic E-state index is 9.88. The zero-order chi connectivity index (χ0) is 29.3. The van der Waals surface area contributed by atoms with E-state index >= 15 is 0 Å². The standard InChI is InChI=1S/C34H29N7O2/c1-23-9-8-12-25(19-23)41-21-27(24-10-4-3-5-11-24)30-31(36-22-37-32(30)41)39-15-17-40(18-16-39)34-28(20-35)38-33(43-34)26-13-6-7-14-29(26)42-2/h3-14,19,21-22H,15-18H2,1-2H3. The SMILES string of the molecule is COc1ccccc1-c1nc(C#N)c(N2CCN(c3ncnc4c3c(-c3ccccc3)cn4-c3cccc(C)c3)CC2)o1. The van der Waals surface area contributed by atoms with Gasteiger partial charge in [0.2, 0.25) is 17.5 Å². The first kappa shape index (κ1) is 26.3. The predicted octanol–water partition coefficient (Wildman–Crippen LogP) is 6.26. The van der Waals surface area contributed by atoms with E-state index in [1.54, 1.807) is 13.4 Å². The normalized spacial score (nSPS) is 13.3. The fourth-order valence-electron chi connectivity index (χ4n) is 5.75. The van der Waals surface area contributed by atoms with Gasteiger partial charge in [0.05, 0.1) is 18.1 Å². The van der Waals surface area contributed by atoms with Crippen LogP contribution in [0.2, 0.25) is 0 Å². The first-order chi connectivity index (χ1) is 21.1.